The van der Waals surface area contributed by atoms with Gasteiger partial charge in [-0.05, 0) is 28.8 Å². The van der Waals surface area contributed by atoms with Crippen molar-refractivity contribution in [2.24, 2.45) is 0 Å². The van der Waals surface area contributed by atoms with Gasteiger partial charge in [0.05, 0.1) is 18.2 Å². The number of para-hydroxylation sites is 1. The van der Waals surface area contributed by atoms with Crippen LogP contribution in [0.5, 0.6) is 0 Å². The van der Waals surface area contributed by atoms with Crippen LogP contribution in [0.25, 0.3) is 16.8 Å². The van der Waals surface area contributed by atoms with Crippen molar-refractivity contribution >= 4 is 11.9 Å². The highest BCUT2D eigenvalue weighted by Crippen LogP contribution is 2.23. The molecule has 160 valence electrons. The van der Waals surface area contributed by atoms with Crippen molar-refractivity contribution in [3.63, 3.8) is 0 Å². The number of carboxylic acid groups (broad SMARTS) is 1. The van der Waals surface area contributed by atoms with Crippen LogP contribution in [0, 0.1) is 0 Å². The molecule has 1 unspecified atom stereocenters. The van der Waals surface area contributed by atoms with Crippen LogP contribution in [0.15, 0.2) is 95.8 Å². The molecule has 0 aliphatic heterocycles. The Labute approximate surface area is 183 Å². The third-order valence-electron chi connectivity index (χ3n) is 5.08. The third-order valence-corrected chi connectivity index (χ3v) is 5.08. The second-order valence-corrected chi connectivity index (χ2v) is 7.29. The highest BCUT2D eigenvalue weighted by atomic mass is 16.4. The van der Waals surface area contributed by atoms with Gasteiger partial charge in [-0.1, -0.05) is 72.8 Å². The quantitative estimate of drug-likeness (QED) is 0.417. The van der Waals surface area contributed by atoms with Gasteiger partial charge in [0.15, 0.2) is 0 Å². The van der Waals surface area contributed by atoms with Crippen LogP contribution in [0.3, 0.4) is 0 Å². The van der Waals surface area contributed by atoms with Gasteiger partial charge in [0.25, 0.3) is 11.5 Å². The van der Waals surface area contributed by atoms with E-state index in [0.717, 1.165) is 11.1 Å². The minimum absolute atomic E-state index is 0.0511. The van der Waals surface area contributed by atoms with Crippen LogP contribution >= 0.6 is 0 Å². The van der Waals surface area contributed by atoms with Gasteiger partial charge < -0.3 is 10.4 Å². The number of aliphatic carboxylic acids is 1. The van der Waals surface area contributed by atoms with Gasteiger partial charge >= 0.3 is 5.97 Å². The first-order valence-corrected chi connectivity index (χ1v) is 10.1. The number of benzene rings is 3. The molecule has 1 aromatic heterocycles. The van der Waals surface area contributed by atoms with Crippen molar-refractivity contribution in [1.29, 1.82) is 0 Å². The molecule has 3 aromatic carbocycles. The molecular weight excluding hydrogens is 406 g/mol. The predicted molar refractivity (Wildman–Crippen MR) is 121 cm³/mol. The molecular formula is C25H21N3O4. The lowest BCUT2D eigenvalue weighted by Gasteiger charge is -2.17. The molecule has 4 rings (SSSR count). The summed E-state index contributed by atoms with van der Waals surface area (Å²) in [5.74, 6) is -1.60. The van der Waals surface area contributed by atoms with Crippen LogP contribution in [0.1, 0.15) is 28.5 Å². The number of hydrogen-bond acceptors (Lipinski definition) is 3. The fourth-order valence-electron chi connectivity index (χ4n) is 3.48. The maximum Gasteiger partial charge on any atom is 0.305 e. The van der Waals surface area contributed by atoms with Crippen molar-refractivity contribution < 1.29 is 14.7 Å². The molecule has 0 radical (unpaired) electrons. The Kier molecular flexibility index (Phi) is 5.98. The zero-order chi connectivity index (χ0) is 22.5. The van der Waals surface area contributed by atoms with Crippen molar-refractivity contribution in [1.82, 2.24) is 15.1 Å². The SMILES string of the molecule is O=C(O)CC(NC(=O)c1cc(=O)n(-c2ccccc2)[nH]1)c1ccc(-c2ccccc2)cc1. The Morgan fingerprint density at radius 3 is 2.09 bits per heavy atom. The number of carbonyl (C=O) groups is 2. The highest BCUT2D eigenvalue weighted by molar-refractivity contribution is 5.92. The molecule has 0 aliphatic carbocycles. The number of carboxylic acids is 1. The predicted octanol–water partition coefficient (Wildman–Crippen LogP) is 3.78. The van der Waals surface area contributed by atoms with E-state index in [2.05, 4.69) is 10.4 Å². The Hall–Kier alpha value is -4.39. The molecule has 1 amide bonds. The van der Waals surface area contributed by atoms with E-state index in [0.29, 0.717) is 11.3 Å². The lowest BCUT2D eigenvalue weighted by atomic mass is 9.99. The summed E-state index contributed by atoms with van der Waals surface area (Å²) in [5.41, 5.74) is 2.94. The molecule has 0 fully saturated rings. The topological polar surface area (TPSA) is 104 Å². The summed E-state index contributed by atoms with van der Waals surface area (Å²) >= 11 is 0. The van der Waals surface area contributed by atoms with E-state index in [4.69, 9.17) is 0 Å². The molecule has 1 heterocycles. The molecule has 32 heavy (non-hydrogen) atoms. The first-order chi connectivity index (χ1) is 15.5. The summed E-state index contributed by atoms with van der Waals surface area (Å²) in [5, 5.41) is 14.9. The lowest BCUT2D eigenvalue weighted by molar-refractivity contribution is -0.137. The Balaban J connectivity index is 1.56. The third kappa shape index (κ3) is 4.67. The summed E-state index contributed by atoms with van der Waals surface area (Å²) < 4.78 is 1.26. The number of nitrogens with zero attached hydrogens (tertiary/aromatic N) is 1. The minimum atomic E-state index is -1.04. The van der Waals surface area contributed by atoms with Crippen molar-refractivity contribution in [3.05, 3.63) is 113 Å². The summed E-state index contributed by atoms with van der Waals surface area (Å²) in [7, 11) is 0. The fourth-order valence-corrected chi connectivity index (χ4v) is 3.48. The minimum Gasteiger partial charge on any atom is -0.481 e. The molecule has 0 aliphatic rings. The maximum absolute atomic E-state index is 12.8. The number of aromatic nitrogens is 2. The van der Waals surface area contributed by atoms with Gasteiger partial charge in [0.1, 0.15) is 5.69 Å². The first-order valence-electron chi connectivity index (χ1n) is 10.1. The zero-order valence-electron chi connectivity index (χ0n) is 17.1. The average Bonchev–Trinajstić information content (AvgIpc) is 3.21. The van der Waals surface area contributed by atoms with Gasteiger partial charge in [-0.25, -0.2) is 4.68 Å². The highest BCUT2D eigenvalue weighted by Gasteiger charge is 2.21. The summed E-state index contributed by atoms with van der Waals surface area (Å²) in [6.07, 6.45) is -0.292. The largest absolute Gasteiger partial charge is 0.481 e. The summed E-state index contributed by atoms with van der Waals surface area (Å²) in [4.78, 5) is 36.5. The van der Waals surface area contributed by atoms with Gasteiger partial charge in [-0.3, -0.25) is 19.5 Å². The van der Waals surface area contributed by atoms with E-state index in [1.165, 1.54) is 10.7 Å². The van der Waals surface area contributed by atoms with E-state index >= 15 is 0 Å². The number of nitrogens with one attached hydrogen (secondary N) is 2. The Bertz CT molecular complexity index is 1280. The van der Waals surface area contributed by atoms with Crippen molar-refractivity contribution in [2.75, 3.05) is 0 Å². The Morgan fingerprint density at radius 1 is 0.875 bits per heavy atom. The molecule has 1 atom stereocenters. The van der Waals surface area contributed by atoms with Gasteiger partial charge in [-0.2, -0.15) is 0 Å². The normalized spacial score (nSPS) is 11.6. The van der Waals surface area contributed by atoms with Crippen LogP contribution in [0.4, 0.5) is 0 Å². The number of hydrogen-bond donors (Lipinski definition) is 3. The molecule has 0 spiro atoms. The molecule has 0 bridgehead atoms. The molecule has 0 saturated carbocycles. The number of H-pyrrole nitrogens is 1. The number of rotatable bonds is 7. The van der Waals surface area contributed by atoms with Gasteiger partial charge in [0.2, 0.25) is 0 Å². The second-order valence-electron chi connectivity index (χ2n) is 7.29. The zero-order valence-corrected chi connectivity index (χ0v) is 17.1. The van der Waals surface area contributed by atoms with Gasteiger partial charge in [-0.15, -0.1) is 0 Å². The van der Waals surface area contributed by atoms with Crippen LogP contribution in [0.2, 0.25) is 0 Å². The van der Waals surface area contributed by atoms with E-state index in [-0.39, 0.29) is 17.7 Å². The van der Waals surface area contributed by atoms with E-state index in [9.17, 15) is 19.5 Å². The lowest BCUT2D eigenvalue weighted by Crippen LogP contribution is -2.30. The van der Waals surface area contributed by atoms with Crippen LogP contribution < -0.4 is 10.9 Å². The number of carbonyl (C=O) groups excluding carboxylic acids is 1. The maximum atomic E-state index is 12.8. The van der Waals surface area contributed by atoms with Crippen molar-refractivity contribution in [3.8, 4) is 16.8 Å². The van der Waals surface area contributed by atoms with E-state index in [1.807, 2.05) is 48.5 Å². The smallest absolute Gasteiger partial charge is 0.305 e. The standard InChI is InChI=1S/C25H21N3O4/c29-23-15-22(27-28(23)20-9-5-2-6-10-20)25(32)26-21(16-24(30)31)19-13-11-18(12-14-19)17-7-3-1-4-8-17/h1-15,21,27H,16H2,(H,26,32)(H,30,31). The molecule has 0 saturated heterocycles. The van der Waals surface area contributed by atoms with Crippen LogP contribution in [-0.2, 0) is 4.79 Å². The second kappa shape index (κ2) is 9.18. The van der Waals surface area contributed by atoms with E-state index < -0.39 is 17.9 Å². The Morgan fingerprint density at radius 2 is 1.47 bits per heavy atom. The van der Waals surface area contributed by atoms with Crippen molar-refractivity contribution in [2.45, 2.75) is 12.5 Å². The van der Waals surface area contributed by atoms with E-state index in [1.54, 1.807) is 36.4 Å². The monoisotopic (exact) mass is 427 g/mol. The molecule has 7 nitrogen and oxygen atoms in total. The number of amides is 1. The van der Waals surface area contributed by atoms with Crippen LogP contribution in [-0.4, -0.2) is 26.8 Å². The molecule has 4 aromatic rings. The fraction of sp³-hybridized carbons (Fsp3) is 0.0800. The first kappa shape index (κ1) is 20.9. The number of aromatic amines is 1. The summed E-state index contributed by atoms with van der Waals surface area (Å²) in [6, 6.07) is 26.5. The molecule has 3 N–H and O–H groups in total. The van der Waals surface area contributed by atoms with Gasteiger partial charge in [0, 0.05) is 6.07 Å². The molecule has 7 heteroatoms. The average molecular weight is 427 g/mol. The summed E-state index contributed by atoms with van der Waals surface area (Å²) in [6.45, 7) is 0.